The van der Waals surface area contributed by atoms with E-state index in [4.69, 9.17) is 4.74 Å². The Bertz CT molecular complexity index is 404. The maximum absolute atomic E-state index is 11.2. The van der Waals surface area contributed by atoms with Crippen LogP contribution in [0.5, 0.6) is 0 Å². The van der Waals surface area contributed by atoms with Gasteiger partial charge in [-0.05, 0) is 6.42 Å². The SMILES string of the molecule is C=COC(=O)CCCCCCCCCCCCCCCCCCCCCCCCCCCCC. The molecule has 202 valence electrons. The fraction of sp³-hybridized carbons (Fsp3) is 0.906. The van der Waals surface area contributed by atoms with Crippen LogP contribution in [0.1, 0.15) is 187 Å². The highest BCUT2D eigenvalue weighted by molar-refractivity contribution is 5.69. The number of unbranched alkanes of at least 4 members (excludes halogenated alkanes) is 26. The first kappa shape index (κ1) is 33.2. The van der Waals surface area contributed by atoms with Crippen molar-refractivity contribution in [1.82, 2.24) is 0 Å². The summed E-state index contributed by atoms with van der Waals surface area (Å²) in [4.78, 5) is 11.2. The molecule has 2 heteroatoms. The van der Waals surface area contributed by atoms with Crippen LogP contribution in [0.15, 0.2) is 12.8 Å². The maximum atomic E-state index is 11.2. The van der Waals surface area contributed by atoms with E-state index in [1.807, 2.05) is 0 Å². The largest absolute Gasteiger partial charge is 0.435 e. The van der Waals surface area contributed by atoms with Gasteiger partial charge in [0.15, 0.2) is 0 Å². The Morgan fingerprint density at radius 1 is 0.471 bits per heavy atom. The van der Waals surface area contributed by atoms with Crippen LogP contribution in [-0.2, 0) is 9.53 Å². The summed E-state index contributed by atoms with van der Waals surface area (Å²) < 4.78 is 4.73. The van der Waals surface area contributed by atoms with Crippen LogP contribution in [0.25, 0.3) is 0 Å². The molecule has 0 fully saturated rings. The summed E-state index contributed by atoms with van der Waals surface area (Å²) in [6.07, 6.45) is 39.7. The standard InChI is InChI=1S/C32H62O2/c1-3-5-6-7-8-9-10-11-12-13-14-15-16-17-18-19-20-21-22-23-24-25-26-27-28-29-30-31-32(33)34-4-2/h4H,2-3,5-31H2,1H3. The van der Waals surface area contributed by atoms with Gasteiger partial charge in [-0.3, -0.25) is 4.79 Å². The van der Waals surface area contributed by atoms with E-state index in [1.165, 1.54) is 167 Å². The van der Waals surface area contributed by atoms with Gasteiger partial charge in [0.2, 0.25) is 0 Å². The summed E-state index contributed by atoms with van der Waals surface area (Å²) in [5, 5.41) is 0. The van der Waals surface area contributed by atoms with Crippen LogP contribution >= 0.6 is 0 Å². The van der Waals surface area contributed by atoms with Crippen molar-refractivity contribution in [1.29, 1.82) is 0 Å². The third kappa shape index (κ3) is 29.2. The first-order valence-corrected chi connectivity index (χ1v) is 15.6. The summed E-state index contributed by atoms with van der Waals surface area (Å²) in [5.41, 5.74) is 0. The molecule has 2 nitrogen and oxygen atoms in total. The van der Waals surface area contributed by atoms with Crippen LogP contribution in [0.4, 0.5) is 0 Å². The summed E-state index contributed by atoms with van der Waals surface area (Å²) in [6, 6.07) is 0. The number of carbonyl (C=O) groups excluding carboxylic acids is 1. The van der Waals surface area contributed by atoms with Crippen molar-refractivity contribution in [2.75, 3.05) is 0 Å². The molecule has 0 saturated carbocycles. The van der Waals surface area contributed by atoms with Crippen LogP contribution in [-0.4, -0.2) is 5.97 Å². The minimum Gasteiger partial charge on any atom is -0.435 e. The van der Waals surface area contributed by atoms with E-state index in [0.717, 1.165) is 12.8 Å². The van der Waals surface area contributed by atoms with E-state index in [1.54, 1.807) is 0 Å². The van der Waals surface area contributed by atoms with Gasteiger partial charge in [-0.1, -0.05) is 180 Å². The fourth-order valence-corrected chi connectivity index (χ4v) is 4.91. The van der Waals surface area contributed by atoms with E-state index in [0.29, 0.717) is 6.42 Å². The van der Waals surface area contributed by atoms with Crippen molar-refractivity contribution in [3.63, 3.8) is 0 Å². The van der Waals surface area contributed by atoms with Crippen molar-refractivity contribution < 1.29 is 9.53 Å². The highest BCUT2D eigenvalue weighted by Crippen LogP contribution is 2.16. The smallest absolute Gasteiger partial charge is 0.310 e. The zero-order valence-electron chi connectivity index (χ0n) is 23.4. The Morgan fingerprint density at radius 2 is 0.706 bits per heavy atom. The van der Waals surface area contributed by atoms with Gasteiger partial charge in [0.05, 0.1) is 6.26 Å². The van der Waals surface area contributed by atoms with Crippen molar-refractivity contribution in [2.45, 2.75) is 187 Å². The van der Waals surface area contributed by atoms with Gasteiger partial charge in [-0.25, -0.2) is 0 Å². The summed E-state index contributed by atoms with van der Waals surface area (Å²) >= 11 is 0. The number of carbonyl (C=O) groups is 1. The van der Waals surface area contributed by atoms with Gasteiger partial charge in [0.25, 0.3) is 0 Å². The number of hydrogen-bond acceptors (Lipinski definition) is 2. The molecule has 0 saturated heterocycles. The molecule has 0 spiro atoms. The minimum absolute atomic E-state index is 0.144. The third-order valence-corrected chi connectivity index (χ3v) is 7.20. The molecule has 0 aliphatic carbocycles. The molecule has 0 aromatic carbocycles. The van der Waals surface area contributed by atoms with Gasteiger partial charge >= 0.3 is 5.97 Å². The second-order valence-corrected chi connectivity index (χ2v) is 10.6. The molecule has 0 heterocycles. The van der Waals surface area contributed by atoms with Crippen molar-refractivity contribution in [2.24, 2.45) is 0 Å². The Kier molecular flexibility index (Phi) is 29.5. The fourth-order valence-electron chi connectivity index (χ4n) is 4.91. The quantitative estimate of drug-likeness (QED) is 0.0606. The topological polar surface area (TPSA) is 26.3 Å². The average molecular weight is 479 g/mol. The molecule has 0 aliphatic rings. The zero-order valence-corrected chi connectivity index (χ0v) is 23.4. The van der Waals surface area contributed by atoms with Gasteiger partial charge < -0.3 is 4.74 Å². The molecular formula is C32H62O2. The number of hydrogen-bond donors (Lipinski definition) is 0. The van der Waals surface area contributed by atoms with E-state index in [9.17, 15) is 4.79 Å². The predicted octanol–water partition coefficient (Wildman–Crippen LogP) is 11.6. The molecule has 0 N–H and O–H groups in total. The van der Waals surface area contributed by atoms with Crippen molar-refractivity contribution in [3.8, 4) is 0 Å². The first-order chi connectivity index (χ1) is 16.8. The van der Waals surface area contributed by atoms with Crippen LogP contribution < -0.4 is 0 Å². The first-order valence-electron chi connectivity index (χ1n) is 15.6. The predicted molar refractivity (Wildman–Crippen MR) is 151 cm³/mol. The Balaban J connectivity index is 3.04. The lowest BCUT2D eigenvalue weighted by molar-refractivity contribution is -0.138. The van der Waals surface area contributed by atoms with E-state index in [2.05, 4.69) is 13.5 Å². The lowest BCUT2D eigenvalue weighted by atomic mass is 10.0. The Hall–Kier alpha value is -0.790. The monoisotopic (exact) mass is 478 g/mol. The van der Waals surface area contributed by atoms with Crippen LogP contribution in [0, 0.1) is 0 Å². The normalized spacial score (nSPS) is 11.1. The summed E-state index contributed by atoms with van der Waals surface area (Å²) in [6.45, 7) is 5.70. The number of ether oxygens (including phenoxy) is 1. The molecule has 0 aliphatic heterocycles. The molecule has 0 unspecified atom stereocenters. The van der Waals surface area contributed by atoms with E-state index in [-0.39, 0.29) is 5.97 Å². The Labute approximate surface area is 215 Å². The van der Waals surface area contributed by atoms with Gasteiger partial charge in [0, 0.05) is 6.42 Å². The minimum atomic E-state index is -0.144. The lowest BCUT2D eigenvalue weighted by Crippen LogP contribution is -1.98. The lowest BCUT2D eigenvalue weighted by Gasteiger charge is -2.04. The highest BCUT2D eigenvalue weighted by Gasteiger charge is 2.00. The summed E-state index contributed by atoms with van der Waals surface area (Å²) in [5.74, 6) is -0.144. The molecule has 0 rings (SSSR count). The highest BCUT2D eigenvalue weighted by atomic mass is 16.5. The van der Waals surface area contributed by atoms with E-state index < -0.39 is 0 Å². The number of rotatable bonds is 29. The molecule has 0 aromatic rings. The van der Waals surface area contributed by atoms with E-state index >= 15 is 0 Å². The van der Waals surface area contributed by atoms with Crippen LogP contribution in [0.2, 0.25) is 0 Å². The van der Waals surface area contributed by atoms with Crippen molar-refractivity contribution >= 4 is 5.97 Å². The average Bonchev–Trinajstić information content (AvgIpc) is 2.83. The second-order valence-electron chi connectivity index (χ2n) is 10.6. The molecule has 0 aromatic heterocycles. The van der Waals surface area contributed by atoms with Crippen LogP contribution in [0.3, 0.4) is 0 Å². The second kappa shape index (κ2) is 30.2. The molecule has 0 amide bonds. The number of esters is 1. The van der Waals surface area contributed by atoms with Gasteiger partial charge in [0.1, 0.15) is 0 Å². The van der Waals surface area contributed by atoms with Crippen molar-refractivity contribution in [3.05, 3.63) is 12.8 Å². The zero-order chi connectivity index (χ0) is 24.8. The maximum Gasteiger partial charge on any atom is 0.310 e. The third-order valence-electron chi connectivity index (χ3n) is 7.20. The Morgan fingerprint density at radius 3 is 0.941 bits per heavy atom. The molecule has 0 atom stereocenters. The molecule has 0 radical (unpaired) electrons. The molecule has 34 heavy (non-hydrogen) atoms. The molecular weight excluding hydrogens is 416 g/mol. The van der Waals surface area contributed by atoms with Gasteiger partial charge in [-0.15, -0.1) is 0 Å². The van der Waals surface area contributed by atoms with Gasteiger partial charge in [-0.2, -0.15) is 0 Å². The summed E-state index contributed by atoms with van der Waals surface area (Å²) in [7, 11) is 0. The molecule has 0 bridgehead atoms.